The van der Waals surface area contributed by atoms with E-state index in [0.717, 1.165) is 16.7 Å². The van der Waals surface area contributed by atoms with Crippen LogP contribution in [0.1, 0.15) is 53.8 Å². The van der Waals surface area contributed by atoms with Crippen molar-refractivity contribution in [1.29, 1.82) is 0 Å². The second-order valence-electron chi connectivity index (χ2n) is 13.8. The zero-order chi connectivity index (χ0) is 38.4. The molecule has 1 saturated carbocycles. The number of hydrogen-bond acceptors (Lipinski definition) is 1. The first kappa shape index (κ1) is 28.9. The van der Waals surface area contributed by atoms with E-state index < -0.39 is 64.3 Å². The van der Waals surface area contributed by atoms with E-state index in [4.69, 9.17) is 15.1 Å². The largest absolute Gasteiger partial charge is 0.456 e. The molecule has 0 radical (unpaired) electrons. The maximum absolute atomic E-state index is 14.0. The fourth-order valence-corrected chi connectivity index (χ4v) is 8.15. The van der Waals surface area contributed by atoms with Crippen LogP contribution in [-0.4, -0.2) is 20.4 Å². The van der Waals surface area contributed by atoms with Gasteiger partial charge in [-0.15, -0.1) is 0 Å². The summed E-state index contributed by atoms with van der Waals surface area (Å²) in [7, 11) is -0.0305. The zero-order valence-electron chi connectivity index (χ0n) is 31.2. The van der Waals surface area contributed by atoms with E-state index in [2.05, 4.69) is 36.6 Å². The fraction of sp³-hybridized carbons (Fsp3) is 0.368. The van der Waals surface area contributed by atoms with E-state index in [1.54, 1.807) is 29.8 Å². The first-order valence-corrected chi connectivity index (χ1v) is 19.1. The standard InChI is InChI=1S/C38H37F6N2OSi/c1-22-21-46(4)32(20-29(22)25-14-16-36(17-15-25,37(39,40)41)38(42,43)44)34-23(2)30(24-8-11-27(12-9-24)48(5,6)7)19-31-28-13-10-26(45-3)18-33(28)47-35(31)34/h8-13,18-21,25H,14-17H2,1-2,4-7H3/q+1/i1D3,25D. The Morgan fingerprint density at radius 2 is 1.60 bits per heavy atom. The van der Waals surface area contributed by atoms with Gasteiger partial charge in [-0.1, -0.05) is 61.2 Å². The summed E-state index contributed by atoms with van der Waals surface area (Å²) in [6, 6.07) is 16.7. The Morgan fingerprint density at radius 1 is 0.958 bits per heavy atom. The molecular weight excluding hydrogens is 643 g/mol. The number of nitrogens with zero attached hydrogens (tertiary/aromatic N) is 2. The number of pyridine rings is 1. The SMILES string of the molecule is [2H]C([2H])([2H])c1c[n+](C)c(-c2c(C)c(-c3ccc([Si](C)(C)C)cc3)cc3c2oc2cc([N+]#[C-])ccc23)cc1C1([2H])CCC(C(F)(F)F)(C(F)(F)F)CC1. The Balaban J connectivity index is 1.63. The van der Waals surface area contributed by atoms with E-state index >= 15 is 0 Å². The molecular formula is C38H37F6N2OSi+. The number of fused-ring (bicyclic) bond motifs is 3. The van der Waals surface area contributed by atoms with Crippen LogP contribution in [-0.2, 0) is 7.05 Å². The molecule has 0 N–H and O–H groups in total. The minimum absolute atomic E-state index is 0.151. The Labute approximate surface area is 282 Å². The van der Waals surface area contributed by atoms with Gasteiger partial charge in [0.15, 0.2) is 17.3 Å². The Hall–Kier alpha value is -4.10. The zero-order valence-corrected chi connectivity index (χ0v) is 28.2. The molecule has 2 aromatic heterocycles. The van der Waals surface area contributed by atoms with E-state index in [1.165, 1.54) is 17.4 Å². The molecule has 0 bridgehead atoms. The summed E-state index contributed by atoms with van der Waals surface area (Å²) >= 11 is 0. The summed E-state index contributed by atoms with van der Waals surface area (Å²) in [5, 5.41) is 2.65. The summed E-state index contributed by atoms with van der Waals surface area (Å²) in [6.07, 6.45) is -14.4. The lowest BCUT2D eigenvalue weighted by molar-refractivity contribution is -0.660. The summed E-state index contributed by atoms with van der Waals surface area (Å²) in [6.45, 7) is 13.3. The maximum atomic E-state index is 14.0. The van der Waals surface area contributed by atoms with E-state index in [-0.39, 0.29) is 11.1 Å². The van der Waals surface area contributed by atoms with Crippen LogP contribution in [0.25, 0.3) is 49.2 Å². The van der Waals surface area contributed by atoms with Gasteiger partial charge in [0.2, 0.25) is 5.69 Å². The van der Waals surface area contributed by atoms with Crippen molar-refractivity contribution in [2.75, 3.05) is 0 Å². The number of hydrogen-bond donors (Lipinski definition) is 0. The molecule has 0 atom stereocenters. The third kappa shape index (κ3) is 5.50. The average molecular weight is 684 g/mol. The number of halogens is 6. The van der Waals surface area contributed by atoms with Crippen molar-refractivity contribution in [3.05, 3.63) is 88.9 Å². The lowest BCUT2D eigenvalue weighted by Gasteiger charge is -2.42. The number of alkyl halides is 6. The van der Waals surface area contributed by atoms with Crippen molar-refractivity contribution in [3.8, 4) is 22.4 Å². The van der Waals surface area contributed by atoms with Crippen LogP contribution in [0.3, 0.4) is 0 Å². The topological polar surface area (TPSA) is 21.4 Å². The van der Waals surface area contributed by atoms with E-state index in [1.807, 2.05) is 25.1 Å². The van der Waals surface area contributed by atoms with Gasteiger partial charge in [-0.05, 0) is 79.7 Å². The molecule has 0 spiro atoms. The quantitative estimate of drug-likeness (QED) is 0.0800. The highest BCUT2D eigenvalue weighted by Crippen LogP contribution is 2.60. The molecule has 10 heteroatoms. The van der Waals surface area contributed by atoms with Gasteiger partial charge in [-0.25, -0.2) is 9.41 Å². The van der Waals surface area contributed by atoms with Gasteiger partial charge in [0.05, 0.1) is 20.2 Å². The summed E-state index contributed by atoms with van der Waals surface area (Å²) in [5.74, 6) is -2.07. The first-order valence-electron chi connectivity index (χ1n) is 17.6. The van der Waals surface area contributed by atoms with Gasteiger partial charge in [0.1, 0.15) is 18.2 Å². The van der Waals surface area contributed by atoms with Crippen LogP contribution in [0.4, 0.5) is 32.0 Å². The van der Waals surface area contributed by atoms with Gasteiger partial charge in [-0.3, -0.25) is 0 Å². The van der Waals surface area contributed by atoms with Crippen molar-refractivity contribution < 1.29 is 40.8 Å². The number of aromatic nitrogens is 1. The molecule has 0 aliphatic heterocycles. The summed E-state index contributed by atoms with van der Waals surface area (Å²) < 4.78 is 126. The smallest absolute Gasteiger partial charge is 0.403 e. The Morgan fingerprint density at radius 3 is 2.17 bits per heavy atom. The van der Waals surface area contributed by atoms with Gasteiger partial charge in [0.25, 0.3) is 0 Å². The van der Waals surface area contributed by atoms with Crippen LogP contribution in [0.5, 0.6) is 0 Å². The van der Waals surface area contributed by atoms with Crippen molar-refractivity contribution in [3.63, 3.8) is 0 Å². The van der Waals surface area contributed by atoms with Crippen LogP contribution in [0.15, 0.2) is 65.2 Å². The van der Waals surface area contributed by atoms with Gasteiger partial charge in [-0.2, -0.15) is 26.3 Å². The van der Waals surface area contributed by atoms with Crippen LogP contribution in [0.2, 0.25) is 19.6 Å². The predicted molar refractivity (Wildman–Crippen MR) is 180 cm³/mol. The second kappa shape index (κ2) is 11.5. The Bertz CT molecular complexity index is 2240. The molecule has 1 fully saturated rings. The molecule has 0 unspecified atom stereocenters. The average Bonchev–Trinajstić information content (AvgIpc) is 3.40. The second-order valence-corrected chi connectivity index (χ2v) is 18.9. The van der Waals surface area contributed by atoms with Crippen LogP contribution in [0, 0.1) is 25.8 Å². The molecule has 0 amide bonds. The maximum Gasteiger partial charge on any atom is 0.403 e. The minimum Gasteiger partial charge on any atom is -0.456 e. The van der Waals surface area contributed by atoms with Crippen molar-refractivity contribution in [1.82, 2.24) is 0 Å². The molecule has 5 aromatic rings. The molecule has 0 saturated heterocycles. The molecule has 48 heavy (non-hydrogen) atoms. The third-order valence-electron chi connectivity index (χ3n) is 9.90. The highest BCUT2D eigenvalue weighted by atomic mass is 28.3. The van der Waals surface area contributed by atoms with Gasteiger partial charge >= 0.3 is 12.4 Å². The van der Waals surface area contributed by atoms with Crippen LogP contribution >= 0.6 is 0 Å². The summed E-state index contributed by atoms with van der Waals surface area (Å²) in [4.78, 5) is 3.51. The molecule has 2 heterocycles. The molecule has 3 nitrogen and oxygen atoms in total. The third-order valence-corrected chi connectivity index (χ3v) is 12.0. The lowest BCUT2D eigenvalue weighted by atomic mass is 9.67. The van der Waals surface area contributed by atoms with Crippen LogP contribution < -0.4 is 9.75 Å². The fourth-order valence-electron chi connectivity index (χ4n) is 6.98. The van der Waals surface area contributed by atoms with Crippen molar-refractivity contribution in [2.24, 2.45) is 12.5 Å². The number of benzene rings is 3. The molecule has 1 aliphatic rings. The predicted octanol–water partition coefficient (Wildman–Crippen LogP) is 11.2. The number of rotatable bonds is 4. The lowest BCUT2D eigenvalue weighted by Crippen LogP contribution is -2.51. The van der Waals surface area contributed by atoms with E-state index in [9.17, 15) is 27.7 Å². The number of furan rings is 1. The minimum atomic E-state index is -5.60. The molecule has 3 aromatic carbocycles. The van der Waals surface area contributed by atoms with E-state index in [0.29, 0.717) is 38.9 Å². The normalized spacial score (nSPS) is 18.2. The molecule has 1 aliphatic carbocycles. The monoisotopic (exact) mass is 683 g/mol. The number of aryl methyl sites for hydroxylation is 2. The first-order chi connectivity index (χ1) is 23.9. The highest BCUT2D eigenvalue weighted by Gasteiger charge is 2.70. The highest BCUT2D eigenvalue weighted by molar-refractivity contribution is 6.88. The van der Waals surface area contributed by atoms with Gasteiger partial charge in [0, 0.05) is 27.9 Å². The Kier molecular flexibility index (Phi) is 6.92. The van der Waals surface area contributed by atoms with Gasteiger partial charge < -0.3 is 4.42 Å². The molecule has 6 rings (SSSR count). The molecule has 250 valence electrons. The van der Waals surface area contributed by atoms with Crippen molar-refractivity contribution in [2.45, 2.75) is 77.3 Å². The summed E-state index contributed by atoms with van der Waals surface area (Å²) in [5.41, 5.74) is 0.0226. The van der Waals surface area contributed by atoms with Crippen molar-refractivity contribution >= 4 is 40.9 Å².